The van der Waals surface area contributed by atoms with Crippen LogP contribution >= 0.6 is 0 Å². The van der Waals surface area contributed by atoms with Gasteiger partial charge in [-0.25, -0.2) is 0 Å². The van der Waals surface area contributed by atoms with Gasteiger partial charge in [-0.15, -0.1) is 0 Å². The average molecular weight is 167 g/mol. The van der Waals surface area contributed by atoms with Gasteiger partial charge in [0.2, 0.25) is 0 Å². The molecule has 4 nitrogen and oxygen atoms in total. The number of nitro groups is 1. The van der Waals surface area contributed by atoms with Crippen LogP contribution in [0.2, 0.25) is 0 Å². The Morgan fingerprint density at radius 3 is 2.58 bits per heavy atom. The first-order valence-electron chi connectivity index (χ1n) is 2.93. The Morgan fingerprint density at radius 1 is 1.42 bits per heavy atom. The highest BCUT2D eigenvalue weighted by atomic mass is 16.6. The van der Waals surface area contributed by atoms with Crippen LogP contribution in [0.4, 0.5) is 5.69 Å². The summed E-state index contributed by atoms with van der Waals surface area (Å²) in [6.45, 7) is 0. The number of nitro benzene ring substituents is 1. The van der Waals surface area contributed by atoms with E-state index in [9.17, 15) is 14.9 Å². The molecule has 0 atom stereocenters. The van der Waals surface area contributed by atoms with Gasteiger partial charge in [-0.05, 0) is 0 Å². The summed E-state index contributed by atoms with van der Waals surface area (Å²) < 4.78 is 0. The zero-order chi connectivity index (χ0) is 8.27. The minimum atomic E-state index is -0.535. The van der Waals surface area contributed by atoms with Gasteiger partial charge in [0.25, 0.3) is 5.69 Å². The fourth-order valence-electron chi connectivity index (χ4n) is 0.712. The third-order valence-corrected chi connectivity index (χ3v) is 1.22. The number of hydrogen-bond donors (Lipinski definition) is 0. The van der Waals surface area contributed by atoms with Crippen LogP contribution in [0.15, 0.2) is 24.3 Å². The summed E-state index contributed by atoms with van der Waals surface area (Å²) in [5, 5.41) is 10.2. The van der Waals surface area contributed by atoms with E-state index in [4.69, 9.17) is 0 Å². The molecule has 0 aliphatic rings. The molecule has 0 saturated heterocycles. The van der Waals surface area contributed by atoms with E-state index >= 15 is 0 Å². The van der Waals surface area contributed by atoms with E-state index in [1.165, 1.54) is 24.3 Å². The van der Waals surface area contributed by atoms with E-state index in [0.29, 0.717) is 11.8 Å². The van der Waals surface area contributed by atoms with Crippen molar-refractivity contribution < 1.29 is 9.72 Å². The molecule has 0 radical (unpaired) electrons. The van der Waals surface area contributed by atoms with E-state index in [1.54, 1.807) is 0 Å². The van der Waals surface area contributed by atoms with Crippen molar-refractivity contribution in [3.63, 3.8) is 0 Å². The van der Waals surface area contributed by atoms with Crippen LogP contribution in [0.3, 0.4) is 0 Å². The largest absolute Gasteiger partial charge is 0.298 e. The molecule has 0 amide bonds. The molecule has 1 aromatic carbocycles. The topological polar surface area (TPSA) is 60.2 Å². The quantitative estimate of drug-likeness (QED) is 0.384. The fourth-order valence-corrected chi connectivity index (χ4v) is 0.712. The highest BCUT2D eigenvalue weighted by Gasteiger charge is 2.03. The van der Waals surface area contributed by atoms with Crippen molar-refractivity contribution in [2.24, 2.45) is 0 Å². The van der Waals surface area contributed by atoms with Gasteiger partial charge in [-0.3, -0.25) is 14.9 Å². The Morgan fingerprint density at radius 2 is 2.08 bits per heavy atom. The number of benzene rings is 1. The van der Waals surface area contributed by atoms with Crippen molar-refractivity contribution in [1.29, 1.82) is 0 Å². The highest BCUT2D eigenvalue weighted by Crippen LogP contribution is 2.10. The Kier molecular flexibility index (Phi) is 3.62. The van der Waals surface area contributed by atoms with E-state index in [0.717, 1.165) is 0 Å². The second kappa shape index (κ2) is 4.23. The van der Waals surface area contributed by atoms with Crippen LogP contribution in [-0.4, -0.2) is 11.2 Å². The molecule has 0 saturated carbocycles. The molecule has 0 fully saturated rings. The molecule has 12 heavy (non-hydrogen) atoms. The van der Waals surface area contributed by atoms with Crippen molar-refractivity contribution in [3.05, 3.63) is 39.9 Å². The number of non-ortho nitro benzene ring substituents is 1. The predicted molar refractivity (Wildman–Crippen MR) is 45.2 cm³/mol. The zero-order valence-corrected chi connectivity index (χ0v) is 5.56. The Labute approximate surface area is 70.0 Å². The normalized spacial score (nSPS) is 8.33. The monoisotopic (exact) mass is 167 g/mol. The number of aldehydes is 1. The summed E-state index contributed by atoms with van der Waals surface area (Å²) in [6, 6.07) is 5.56. The maximum absolute atomic E-state index is 10.2. The summed E-state index contributed by atoms with van der Waals surface area (Å²) in [5.41, 5.74) is 0.258. The molecule has 4 heteroatoms. The van der Waals surface area contributed by atoms with Crippen LogP contribution in [0.25, 0.3) is 0 Å². The van der Waals surface area contributed by atoms with Gasteiger partial charge in [0.05, 0.1) is 4.92 Å². The maximum Gasteiger partial charge on any atom is 0.270 e. The second-order valence-corrected chi connectivity index (χ2v) is 1.97. The second-order valence-electron chi connectivity index (χ2n) is 1.97. The lowest BCUT2D eigenvalue weighted by molar-refractivity contribution is -0.384. The van der Waals surface area contributed by atoms with Crippen molar-refractivity contribution in [2.45, 2.75) is 7.43 Å². The lowest BCUT2D eigenvalue weighted by Gasteiger charge is -1.90. The van der Waals surface area contributed by atoms with Crippen molar-refractivity contribution >= 4 is 12.0 Å². The molecule has 0 heterocycles. The summed E-state index contributed by atoms with van der Waals surface area (Å²) in [5.74, 6) is 0. The summed E-state index contributed by atoms with van der Waals surface area (Å²) >= 11 is 0. The van der Waals surface area contributed by atoms with Crippen molar-refractivity contribution in [3.8, 4) is 0 Å². The fraction of sp³-hybridized carbons (Fsp3) is 0.125. The number of hydrogen-bond acceptors (Lipinski definition) is 3. The first-order chi connectivity index (χ1) is 5.24. The molecule has 1 aromatic rings. The predicted octanol–water partition coefficient (Wildman–Crippen LogP) is 2.04. The minimum Gasteiger partial charge on any atom is -0.298 e. The summed E-state index contributed by atoms with van der Waals surface area (Å²) in [6.07, 6.45) is 0.576. The molecule has 0 aliphatic heterocycles. The van der Waals surface area contributed by atoms with Gasteiger partial charge in [0.15, 0.2) is 0 Å². The van der Waals surface area contributed by atoms with E-state index < -0.39 is 4.92 Å². The molecule has 64 valence electrons. The number of nitrogens with zero attached hydrogens (tertiary/aromatic N) is 1. The number of carbonyl (C=O) groups excluding carboxylic acids is 1. The van der Waals surface area contributed by atoms with Gasteiger partial charge in [-0.2, -0.15) is 0 Å². The Hall–Kier alpha value is -1.71. The van der Waals surface area contributed by atoms with Gasteiger partial charge in [0, 0.05) is 17.7 Å². The molecule has 0 N–H and O–H groups in total. The summed E-state index contributed by atoms with van der Waals surface area (Å²) in [7, 11) is 0. The standard InChI is InChI=1S/C7H5NO3.CH4/c9-5-6-2-1-3-7(4-6)8(10)11;/h1-5H;1H4. The molecule has 0 aromatic heterocycles. The van der Waals surface area contributed by atoms with E-state index in [-0.39, 0.29) is 13.1 Å². The highest BCUT2D eigenvalue weighted by molar-refractivity contribution is 5.75. The first kappa shape index (κ1) is 10.3. The zero-order valence-electron chi connectivity index (χ0n) is 5.56. The van der Waals surface area contributed by atoms with Crippen LogP contribution in [0, 0.1) is 10.1 Å². The van der Waals surface area contributed by atoms with Gasteiger partial charge in [0.1, 0.15) is 6.29 Å². The molecular formula is C8H9NO3. The van der Waals surface area contributed by atoms with Crippen LogP contribution in [-0.2, 0) is 0 Å². The van der Waals surface area contributed by atoms with Gasteiger partial charge >= 0.3 is 0 Å². The van der Waals surface area contributed by atoms with E-state index in [2.05, 4.69) is 0 Å². The molecular weight excluding hydrogens is 158 g/mol. The third kappa shape index (κ3) is 2.16. The lowest BCUT2D eigenvalue weighted by Crippen LogP contribution is -1.88. The lowest BCUT2D eigenvalue weighted by atomic mass is 10.2. The van der Waals surface area contributed by atoms with Gasteiger partial charge < -0.3 is 0 Å². The number of carbonyl (C=O) groups is 1. The summed E-state index contributed by atoms with van der Waals surface area (Å²) in [4.78, 5) is 19.8. The molecule has 0 bridgehead atoms. The SMILES string of the molecule is C.O=Cc1cccc([N+](=O)[O-])c1. The van der Waals surface area contributed by atoms with Crippen molar-refractivity contribution in [1.82, 2.24) is 0 Å². The first-order valence-corrected chi connectivity index (χ1v) is 2.93. The van der Waals surface area contributed by atoms with E-state index in [1.807, 2.05) is 0 Å². The average Bonchev–Trinajstić information content (AvgIpc) is 2.05. The molecule has 1 rings (SSSR count). The van der Waals surface area contributed by atoms with Gasteiger partial charge in [-0.1, -0.05) is 19.6 Å². The Balaban J connectivity index is 0.00000121. The third-order valence-electron chi connectivity index (χ3n) is 1.22. The molecule has 0 unspecified atom stereocenters. The Bertz CT molecular complexity index is 296. The smallest absolute Gasteiger partial charge is 0.270 e. The molecule has 0 aliphatic carbocycles. The number of rotatable bonds is 2. The maximum atomic E-state index is 10.2. The van der Waals surface area contributed by atoms with Crippen LogP contribution in [0.1, 0.15) is 17.8 Å². The molecule has 0 spiro atoms. The van der Waals surface area contributed by atoms with Crippen LogP contribution < -0.4 is 0 Å². The van der Waals surface area contributed by atoms with Crippen LogP contribution in [0.5, 0.6) is 0 Å². The van der Waals surface area contributed by atoms with Crippen molar-refractivity contribution in [2.75, 3.05) is 0 Å². The minimum absolute atomic E-state index is 0.